The number of hydrogen-bond acceptors (Lipinski definition) is 5. The van der Waals surface area contributed by atoms with Crippen molar-refractivity contribution in [3.8, 4) is 5.75 Å². The summed E-state index contributed by atoms with van der Waals surface area (Å²) < 4.78 is 19.4. The lowest BCUT2D eigenvalue weighted by molar-refractivity contribution is -0.127. The van der Waals surface area contributed by atoms with E-state index in [2.05, 4.69) is 5.32 Å². The van der Waals surface area contributed by atoms with E-state index in [9.17, 15) is 18.8 Å². The normalized spacial score (nSPS) is 14.4. The Morgan fingerprint density at radius 1 is 1.00 bits per heavy atom. The molecule has 1 N–H and O–H groups in total. The zero-order valence-electron chi connectivity index (χ0n) is 18.3. The number of benzene rings is 3. The van der Waals surface area contributed by atoms with Gasteiger partial charge in [0.25, 0.3) is 11.1 Å². The van der Waals surface area contributed by atoms with Crippen LogP contribution in [0.2, 0.25) is 15.1 Å². The fraction of sp³-hybridized carbons (Fsp3) is 0.0800. The van der Waals surface area contributed by atoms with Gasteiger partial charge in [-0.2, -0.15) is 0 Å². The quantitative estimate of drug-likeness (QED) is 0.311. The highest BCUT2D eigenvalue weighted by Crippen LogP contribution is 2.38. The highest BCUT2D eigenvalue weighted by atomic mass is 35.5. The lowest BCUT2D eigenvalue weighted by Gasteiger charge is -2.13. The van der Waals surface area contributed by atoms with E-state index in [4.69, 9.17) is 39.5 Å². The Hall–Kier alpha value is -3.04. The number of rotatable bonds is 7. The monoisotopic (exact) mass is 564 g/mol. The number of anilines is 1. The smallest absolute Gasteiger partial charge is 0.294 e. The highest BCUT2D eigenvalue weighted by Gasteiger charge is 2.36. The number of ether oxygens (including phenoxy) is 1. The molecule has 184 valence electrons. The van der Waals surface area contributed by atoms with Crippen LogP contribution in [0.4, 0.5) is 14.9 Å². The predicted octanol–water partition coefficient (Wildman–Crippen LogP) is 7.04. The zero-order valence-corrected chi connectivity index (χ0v) is 21.3. The molecule has 0 aliphatic carbocycles. The SMILES string of the molecule is O=C(CN1C(=O)S/C(=C/c2cc(Cl)c(OCc3ccccc3F)c(Cl)c2)C1=O)Nc1ccccc1Cl. The van der Waals surface area contributed by atoms with E-state index < -0.39 is 29.4 Å². The average molecular weight is 566 g/mol. The largest absolute Gasteiger partial charge is 0.486 e. The summed E-state index contributed by atoms with van der Waals surface area (Å²) in [6.45, 7) is -0.557. The third kappa shape index (κ3) is 6.02. The summed E-state index contributed by atoms with van der Waals surface area (Å²) in [7, 11) is 0. The van der Waals surface area contributed by atoms with Crippen LogP contribution in [0.5, 0.6) is 5.75 Å². The van der Waals surface area contributed by atoms with Gasteiger partial charge in [-0.25, -0.2) is 4.39 Å². The first kappa shape index (κ1) is 26.0. The lowest BCUT2D eigenvalue weighted by Crippen LogP contribution is -2.36. The number of para-hydroxylation sites is 1. The van der Waals surface area contributed by atoms with Crippen LogP contribution in [0.3, 0.4) is 0 Å². The predicted molar refractivity (Wildman–Crippen MR) is 140 cm³/mol. The maximum atomic E-state index is 13.8. The summed E-state index contributed by atoms with van der Waals surface area (Å²) in [5, 5.41) is 2.59. The van der Waals surface area contributed by atoms with Gasteiger partial charge in [-0.05, 0) is 53.7 Å². The number of hydrogen-bond donors (Lipinski definition) is 1. The van der Waals surface area contributed by atoms with Crippen LogP contribution in [0.15, 0.2) is 65.6 Å². The number of imide groups is 1. The summed E-state index contributed by atoms with van der Waals surface area (Å²) in [4.78, 5) is 38.5. The first-order chi connectivity index (χ1) is 17.2. The molecule has 6 nitrogen and oxygen atoms in total. The fourth-order valence-electron chi connectivity index (χ4n) is 3.25. The molecule has 1 heterocycles. The number of thioether (sulfide) groups is 1. The molecule has 1 aliphatic rings. The van der Waals surface area contributed by atoms with E-state index in [1.165, 1.54) is 24.3 Å². The maximum Gasteiger partial charge on any atom is 0.294 e. The van der Waals surface area contributed by atoms with Crippen LogP contribution < -0.4 is 10.1 Å². The van der Waals surface area contributed by atoms with Crippen molar-refractivity contribution in [2.75, 3.05) is 11.9 Å². The molecule has 1 saturated heterocycles. The Labute approximate surface area is 225 Å². The summed E-state index contributed by atoms with van der Waals surface area (Å²) >= 11 is 19.3. The van der Waals surface area contributed by atoms with Crippen molar-refractivity contribution in [1.82, 2.24) is 4.90 Å². The molecule has 0 bridgehead atoms. The summed E-state index contributed by atoms with van der Waals surface area (Å²) in [5.74, 6) is -1.47. The van der Waals surface area contributed by atoms with Gasteiger partial charge >= 0.3 is 0 Å². The van der Waals surface area contributed by atoms with Crippen molar-refractivity contribution in [1.29, 1.82) is 0 Å². The van der Waals surface area contributed by atoms with Gasteiger partial charge in [0.05, 0.1) is 25.7 Å². The van der Waals surface area contributed by atoms with Crippen molar-refractivity contribution in [3.63, 3.8) is 0 Å². The van der Waals surface area contributed by atoms with E-state index in [0.29, 0.717) is 33.6 Å². The van der Waals surface area contributed by atoms with Crippen molar-refractivity contribution in [2.24, 2.45) is 0 Å². The van der Waals surface area contributed by atoms with Crippen LogP contribution >= 0.6 is 46.6 Å². The van der Waals surface area contributed by atoms with E-state index in [-0.39, 0.29) is 27.3 Å². The maximum absolute atomic E-state index is 13.8. The van der Waals surface area contributed by atoms with Crippen molar-refractivity contribution in [2.45, 2.75) is 6.61 Å². The molecule has 0 aromatic heterocycles. The summed E-state index contributed by atoms with van der Waals surface area (Å²) in [6.07, 6.45) is 1.44. The second-order valence-electron chi connectivity index (χ2n) is 7.49. The van der Waals surface area contributed by atoms with Gasteiger partial charge in [-0.3, -0.25) is 19.3 Å². The first-order valence-electron chi connectivity index (χ1n) is 10.4. The van der Waals surface area contributed by atoms with Crippen LogP contribution in [0, 0.1) is 5.82 Å². The number of carbonyl (C=O) groups excluding carboxylic acids is 3. The third-order valence-electron chi connectivity index (χ3n) is 4.97. The molecule has 1 aliphatic heterocycles. The minimum absolute atomic E-state index is 0.0827. The molecule has 0 atom stereocenters. The van der Waals surface area contributed by atoms with Crippen LogP contribution in [0.1, 0.15) is 11.1 Å². The molecule has 0 spiro atoms. The molecule has 36 heavy (non-hydrogen) atoms. The van der Waals surface area contributed by atoms with E-state index in [1.807, 2.05) is 0 Å². The molecule has 3 aromatic rings. The topological polar surface area (TPSA) is 75.7 Å². The minimum atomic E-state index is -0.633. The third-order valence-corrected chi connectivity index (χ3v) is 6.77. The van der Waals surface area contributed by atoms with Crippen LogP contribution in [0.25, 0.3) is 6.08 Å². The molecule has 3 aromatic carbocycles. The zero-order chi connectivity index (χ0) is 25.8. The van der Waals surface area contributed by atoms with Gasteiger partial charge < -0.3 is 10.1 Å². The van der Waals surface area contributed by atoms with E-state index in [1.54, 1.807) is 42.5 Å². The first-order valence-corrected chi connectivity index (χ1v) is 12.3. The Kier molecular flexibility index (Phi) is 8.21. The van der Waals surface area contributed by atoms with E-state index >= 15 is 0 Å². The van der Waals surface area contributed by atoms with E-state index in [0.717, 1.165) is 4.90 Å². The van der Waals surface area contributed by atoms with Gasteiger partial charge in [-0.15, -0.1) is 0 Å². The average Bonchev–Trinajstić information content (AvgIpc) is 3.08. The number of nitrogens with zero attached hydrogens (tertiary/aromatic N) is 1. The number of carbonyl (C=O) groups is 3. The Balaban J connectivity index is 1.45. The second-order valence-corrected chi connectivity index (χ2v) is 9.70. The van der Waals surface area contributed by atoms with Gasteiger partial charge in [0.15, 0.2) is 5.75 Å². The van der Waals surface area contributed by atoms with Crippen molar-refractivity contribution < 1.29 is 23.5 Å². The Bertz CT molecular complexity index is 1380. The number of amides is 3. The minimum Gasteiger partial charge on any atom is -0.486 e. The summed E-state index contributed by atoms with van der Waals surface area (Å²) in [5.41, 5.74) is 1.14. The van der Waals surface area contributed by atoms with Crippen LogP contribution in [-0.4, -0.2) is 28.5 Å². The second kappa shape index (κ2) is 11.3. The molecule has 4 rings (SSSR count). The van der Waals surface area contributed by atoms with Crippen molar-refractivity contribution >= 4 is 75.4 Å². The number of halogens is 4. The highest BCUT2D eigenvalue weighted by molar-refractivity contribution is 8.18. The lowest BCUT2D eigenvalue weighted by atomic mass is 10.2. The molecule has 0 saturated carbocycles. The number of nitrogens with one attached hydrogen (secondary N) is 1. The molecule has 1 fully saturated rings. The standard InChI is InChI=1S/C25H16Cl3FN2O4S/c26-16-6-2-4-8-20(16)30-22(32)12-31-24(33)21(36-25(31)34)11-14-9-17(27)23(18(28)10-14)35-13-15-5-1-3-7-19(15)29/h1-11H,12-13H2,(H,30,32)/b21-11+. The Morgan fingerprint density at radius 3 is 2.36 bits per heavy atom. The summed E-state index contributed by atoms with van der Waals surface area (Å²) in [6, 6.07) is 15.8. The molecule has 0 unspecified atom stereocenters. The van der Waals surface area contributed by atoms with Gasteiger partial charge in [0.1, 0.15) is 19.0 Å². The van der Waals surface area contributed by atoms with Gasteiger partial charge in [0, 0.05) is 5.56 Å². The van der Waals surface area contributed by atoms with Crippen LogP contribution in [-0.2, 0) is 16.2 Å². The molecule has 11 heteroatoms. The molecule has 0 radical (unpaired) electrons. The van der Waals surface area contributed by atoms with Crippen molar-refractivity contribution in [3.05, 3.63) is 97.6 Å². The van der Waals surface area contributed by atoms with Gasteiger partial charge in [0.2, 0.25) is 5.91 Å². The van der Waals surface area contributed by atoms with Gasteiger partial charge in [-0.1, -0.05) is 65.1 Å². The molecular formula is C25H16Cl3FN2O4S. The molecular weight excluding hydrogens is 550 g/mol. The fourth-order valence-corrected chi connectivity index (χ4v) is 4.88. The Morgan fingerprint density at radius 2 is 1.67 bits per heavy atom. The molecule has 3 amide bonds.